The predicted molar refractivity (Wildman–Crippen MR) is 90.7 cm³/mol. The van der Waals surface area contributed by atoms with Gasteiger partial charge in [-0.05, 0) is 35.7 Å². The Labute approximate surface area is 145 Å². The third-order valence-electron chi connectivity index (χ3n) is 3.71. The summed E-state index contributed by atoms with van der Waals surface area (Å²) in [6.07, 6.45) is 3.07. The third kappa shape index (κ3) is 4.28. The van der Waals surface area contributed by atoms with Crippen LogP contribution in [0.25, 0.3) is 0 Å². The second kappa shape index (κ2) is 7.12. The summed E-state index contributed by atoms with van der Waals surface area (Å²) in [6.45, 7) is 2.29. The quantitative estimate of drug-likeness (QED) is 0.731. The molecular weight excluding hydrogens is 343 g/mol. The van der Waals surface area contributed by atoms with Crippen LogP contribution in [0.4, 0.5) is 4.39 Å². The van der Waals surface area contributed by atoms with Gasteiger partial charge in [0.05, 0.1) is 11.4 Å². The highest BCUT2D eigenvalue weighted by Gasteiger charge is 2.17. The molecule has 0 saturated carbocycles. The van der Waals surface area contributed by atoms with Crippen molar-refractivity contribution in [1.82, 2.24) is 19.5 Å². The molecule has 25 heavy (non-hydrogen) atoms. The smallest absolute Gasteiger partial charge is 0.241 e. The van der Waals surface area contributed by atoms with Gasteiger partial charge in [-0.15, -0.1) is 0 Å². The minimum atomic E-state index is -3.79. The van der Waals surface area contributed by atoms with E-state index in [0.717, 1.165) is 17.2 Å². The first-order valence-corrected chi connectivity index (χ1v) is 9.08. The topological polar surface area (TPSA) is 76.9 Å². The van der Waals surface area contributed by atoms with Crippen molar-refractivity contribution in [3.05, 3.63) is 77.6 Å². The molecule has 0 aliphatic heterocycles. The van der Waals surface area contributed by atoms with E-state index in [1.165, 1.54) is 18.5 Å². The zero-order chi connectivity index (χ0) is 17.9. The normalized spacial score (nSPS) is 11.6. The Kier molecular flexibility index (Phi) is 4.91. The molecule has 0 aliphatic carbocycles. The highest BCUT2D eigenvalue weighted by molar-refractivity contribution is 7.89. The van der Waals surface area contributed by atoms with E-state index in [1.807, 2.05) is 24.3 Å². The van der Waals surface area contributed by atoms with Gasteiger partial charge >= 0.3 is 0 Å². The second-order valence-corrected chi connectivity index (χ2v) is 7.38. The van der Waals surface area contributed by atoms with E-state index in [0.29, 0.717) is 12.1 Å². The lowest BCUT2D eigenvalue weighted by molar-refractivity contribution is 0.576. The van der Waals surface area contributed by atoms with Gasteiger partial charge in [0.1, 0.15) is 18.5 Å². The van der Waals surface area contributed by atoms with Crippen LogP contribution < -0.4 is 4.72 Å². The van der Waals surface area contributed by atoms with Crippen molar-refractivity contribution >= 4 is 10.0 Å². The number of nitrogens with one attached hydrogen (secondary N) is 1. The van der Waals surface area contributed by atoms with Gasteiger partial charge in [-0.3, -0.25) is 0 Å². The number of nitrogens with zero attached hydrogens (tertiary/aromatic N) is 3. The van der Waals surface area contributed by atoms with Crippen molar-refractivity contribution < 1.29 is 12.8 Å². The largest absolute Gasteiger partial charge is 0.249 e. The lowest BCUT2D eigenvalue weighted by atomic mass is 10.1. The molecule has 1 N–H and O–H groups in total. The molecule has 0 bridgehead atoms. The van der Waals surface area contributed by atoms with Gasteiger partial charge in [0.15, 0.2) is 0 Å². The van der Waals surface area contributed by atoms with E-state index in [4.69, 9.17) is 0 Å². The zero-order valence-electron chi connectivity index (χ0n) is 13.6. The van der Waals surface area contributed by atoms with Crippen LogP contribution in [-0.2, 0) is 23.1 Å². The number of hydrogen-bond acceptors (Lipinski definition) is 4. The van der Waals surface area contributed by atoms with E-state index in [-0.39, 0.29) is 11.4 Å². The molecule has 130 valence electrons. The minimum absolute atomic E-state index is 0.0497. The molecule has 0 saturated heterocycles. The lowest BCUT2D eigenvalue weighted by Crippen LogP contribution is -2.24. The Bertz CT molecular complexity index is 972. The van der Waals surface area contributed by atoms with Gasteiger partial charge in [0, 0.05) is 6.54 Å². The van der Waals surface area contributed by atoms with Gasteiger partial charge in [0.2, 0.25) is 10.0 Å². The molecule has 8 heteroatoms. The van der Waals surface area contributed by atoms with E-state index in [1.54, 1.807) is 17.9 Å². The fraction of sp³-hybridized carbons (Fsp3) is 0.176. The molecule has 0 amide bonds. The van der Waals surface area contributed by atoms with Crippen LogP contribution in [0.5, 0.6) is 0 Å². The standard InChI is InChI=1S/C17H17FN4O2S/c1-13-5-6-16(18)8-17(13)25(23,24)21-9-14-3-2-4-15(7-14)10-22-12-19-11-20-22/h2-8,11-12,21H,9-10H2,1H3. The maximum atomic E-state index is 13.4. The minimum Gasteiger partial charge on any atom is -0.249 e. The SMILES string of the molecule is Cc1ccc(F)cc1S(=O)(=O)NCc1cccc(Cn2cncn2)c1. The Balaban J connectivity index is 1.73. The van der Waals surface area contributed by atoms with Gasteiger partial charge in [-0.25, -0.2) is 27.2 Å². The molecule has 1 aromatic heterocycles. The molecule has 3 aromatic rings. The van der Waals surface area contributed by atoms with Crippen molar-refractivity contribution in [2.24, 2.45) is 0 Å². The monoisotopic (exact) mass is 360 g/mol. The maximum Gasteiger partial charge on any atom is 0.241 e. The number of hydrogen-bond donors (Lipinski definition) is 1. The molecule has 2 aromatic carbocycles. The highest BCUT2D eigenvalue weighted by Crippen LogP contribution is 2.17. The summed E-state index contributed by atoms with van der Waals surface area (Å²) in [5, 5.41) is 4.04. The van der Waals surface area contributed by atoms with Crippen LogP contribution in [0.15, 0.2) is 60.0 Å². The van der Waals surface area contributed by atoms with Gasteiger partial charge in [-0.1, -0.05) is 30.3 Å². The van der Waals surface area contributed by atoms with Crippen LogP contribution in [-0.4, -0.2) is 23.2 Å². The van der Waals surface area contributed by atoms with E-state index >= 15 is 0 Å². The first-order chi connectivity index (χ1) is 11.9. The van der Waals surface area contributed by atoms with Gasteiger partial charge in [0.25, 0.3) is 0 Å². The first kappa shape index (κ1) is 17.2. The van der Waals surface area contributed by atoms with Crippen LogP contribution in [0, 0.1) is 12.7 Å². The number of sulfonamides is 1. The van der Waals surface area contributed by atoms with Crippen molar-refractivity contribution in [2.45, 2.75) is 24.9 Å². The second-order valence-electron chi connectivity index (χ2n) is 5.65. The number of rotatable bonds is 6. The van der Waals surface area contributed by atoms with Gasteiger partial charge < -0.3 is 0 Å². The molecule has 0 fully saturated rings. The summed E-state index contributed by atoms with van der Waals surface area (Å²) >= 11 is 0. The molecule has 3 rings (SSSR count). The fourth-order valence-corrected chi connectivity index (χ4v) is 3.73. The Morgan fingerprint density at radius 1 is 1.16 bits per heavy atom. The number of benzene rings is 2. The summed E-state index contributed by atoms with van der Waals surface area (Å²) < 4.78 is 42.4. The molecule has 6 nitrogen and oxygen atoms in total. The fourth-order valence-electron chi connectivity index (χ4n) is 2.46. The van der Waals surface area contributed by atoms with E-state index < -0.39 is 15.8 Å². The molecular formula is C17H17FN4O2S. The average Bonchev–Trinajstić information content (AvgIpc) is 3.08. The summed E-state index contributed by atoms with van der Waals surface area (Å²) in [5.74, 6) is -0.583. The Morgan fingerprint density at radius 3 is 2.72 bits per heavy atom. The molecule has 0 atom stereocenters. The summed E-state index contributed by atoms with van der Waals surface area (Å²) in [6, 6.07) is 11.2. The van der Waals surface area contributed by atoms with Crippen LogP contribution in [0.1, 0.15) is 16.7 Å². The van der Waals surface area contributed by atoms with Crippen LogP contribution in [0.2, 0.25) is 0 Å². The number of halogens is 1. The lowest BCUT2D eigenvalue weighted by Gasteiger charge is -2.10. The van der Waals surface area contributed by atoms with Gasteiger partial charge in [-0.2, -0.15) is 5.10 Å². The summed E-state index contributed by atoms with van der Waals surface area (Å²) in [4.78, 5) is 3.84. The third-order valence-corrected chi connectivity index (χ3v) is 5.25. The van der Waals surface area contributed by atoms with Crippen LogP contribution in [0.3, 0.4) is 0 Å². The van der Waals surface area contributed by atoms with E-state index in [2.05, 4.69) is 14.8 Å². The molecule has 0 spiro atoms. The molecule has 1 heterocycles. The maximum absolute atomic E-state index is 13.4. The first-order valence-electron chi connectivity index (χ1n) is 7.60. The van der Waals surface area contributed by atoms with Crippen molar-refractivity contribution in [3.8, 4) is 0 Å². The summed E-state index contributed by atoms with van der Waals surface area (Å²) in [5.41, 5.74) is 2.27. The Morgan fingerprint density at radius 2 is 1.96 bits per heavy atom. The highest BCUT2D eigenvalue weighted by atomic mass is 32.2. The number of aromatic nitrogens is 3. The molecule has 0 radical (unpaired) electrons. The van der Waals surface area contributed by atoms with Crippen molar-refractivity contribution in [1.29, 1.82) is 0 Å². The summed E-state index contributed by atoms with van der Waals surface area (Å²) in [7, 11) is -3.79. The van der Waals surface area contributed by atoms with Crippen molar-refractivity contribution in [3.63, 3.8) is 0 Å². The zero-order valence-corrected chi connectivity index (χ0v) is 14.4. The average molecular weight is 360 g/mol. The van der Waals surface area contributed by atoms with Crippen LogP contribution >= 0.6 is 0 Å². The Hall–Kier alpha value is -2.58. The molecule has 0 unspecified atom stereocenters. The number of aryl methyl sites for hydroxylation is 1. The predicted octanol–water partition coefficient (Wildman–Crippen LogP) is 2.25. The molecule has 0 aliphatic rings. The van der Waals surface area contributed by atoms with E-state index in [9.17, 15) is 12.8 Å². The van der Waals surface area contributed by atoms with Crippen molar-refractivity contribution in [2.75, 3.05) is 0 Å².